The van der Waals surface area contributed by atoms with Gasteiger partial charge in [-0.2, -0.15) is 11.3 Å². The molecule has 1 heterocycles. The molecular formula is C13H12BrClOS. The van der Waals surface area contributed by atoms with Crippen LogP contribution in [0.5, 0.6) is 0 Å². The van der Waals surface area contributed by atoms with Crippen molar-refractivity contribution in [2.24, 2.45) is 0 Å². The van der Waals surface area contributed by atoms with Crippen LogP contribution in [0.15, 0.2) is 39.5 Å². The summed E-state index contributed by atoms with van der Waals surface area (Å²) < 4.78 is 0.937. The molecule has 0 fully saturated rings. The van der Waals surface area contributed by atoms with E-state index in [9.17, 15) is 5.11 Å². The van der Waals surface area contributed by atoms with Crippen LogP contribution in [0, 0.1) is 0 Å². The first-order valence-electron chi connectivity index (χ1n) is 5.31. The second kappa shape index (κ2) is 6.01. The highest BCUT2D eigenvalue weighted by Crippen LogP contribution is 2.29. The van der Waals surface area contributed by atoms with Gasteiger partial charge in [0, 0.05) is 15.1 Å². The van der Waals surface area contributed by atoms with Gasteiger partial charge in [-0.15, -0.1) is 0 Å². The van der Waals surface area contributed by atoms with E-state index in [1.54, 1.807) is 17.4 Å². The fraction of sp³-hybridized carbons (Fsp3) is 0.231. The molecule has 0 radical (unpaired) electrons. The van der Waals surface area contributed by atoms with E-state index in [1.165, 1.54) is 5.56 Å². The van der Waals surface area contributed by atoms with E-state index < -0.39 is 6.10 Å². The highest BCUT2D eigenvalue weighted by Gasteiger charge is 2.12. The molecule has 1 unspecified atom stereocenters. The third-order valence-electron chi connectivity index (χ3n) is 2.60. The predicted molar refractivity (Wildman–Crippen MR) is 76.8 cm³/mol. The number of halogens is 2. The number of aryl methyl sites for hydroxylation is 1. The third kappa shape index (κ3) is 3.55. The molecule has 0 amide bonds. The Balaban J connectivity index is 2.04. The molecule has 1 nitrogen and oxygen atoms in total. The predicted octanol–water partition coefficient (Wildman–Crippen LogP) is 4.83. The Bertz CT molecular complexity index is 484. The number of hydrogen-bond donors (Lipinski definition) is 1. The number of benzene rings is 1. The third-order valence-corrected chi connectivity index (χ3v) is 4.17. The summed E-state index contributed by atoms with van der Waals surface area (Å²) in [6.07, 6.45) is 1.04. The van der Waals surface area contributed by atoms with Gasteiger partial charge in [0.2, 0.25) is 0 Å². The molecule has 2 rings (SSSR count). The summed E-state index contributed by atoms with van der Waals surface area (Å²) >= 11 is 11.1. The second-order valence-electron chi connectivity index (χ2n) is 3.85. The van der Waals surface area contributed by atoms with Crippen LogP contribution in [0.3, 0.4) is 0 Å². The Labute approximate surface area is 118 Å². The zero-order valence-corrected chi connectivity index (χ0v) is 12.2. The lowest BCUT2D eigenvalue weighted by Gasteiger charge is -2.12. The van der Waals surface area contributed by atoms with Crippen LogP contribution < -0.4 is 0 Å². The smallest absolute Gasteiger partial charge is 0.0808 e. The van der Waals surface area contributed by atoms with Crippen molar-refractivity contribution in [2.75, 3.05) is 0 Å². The van der Waals surface area contributed by atoms with Crippen molar-refractivity contribution in [3.05, 3.63) is 55.6 Å². The molecule has 1 aromatic carbocycles. The lowest BCUT2D eigenvalue weighted by molar-refractivity contribution is 0.168. The standard InChI is InChI=1S/C13H12BrClOS/c14-10-2-3-12(15)11(7-10)13(16)4-1-9-5-6-17-8-9/h2-3,5-8,13,16H,1,4H2. The Hall–Kier alpha value is -0.350. The summed E-state index contributed by atoms with van der Waals surface area (Å²) in [5.41, 5.74) is 2.05. The highest BCUT2D eigenvalue weighted by atomic mass is 79.9. The van der Waals surface area contributed by atoms with Gasteiger partial charge in [0.05, 0.1) is 6.10 Å². The molecular weight excluding hydrogens is 320 g/mol. The summed E-state index contributed by atoms with van der Waals surface area (Å²) in [5.74, 6) is 0. The molecule has 0 bridgehead atoms. The summed E-state index contributed by atoms with van der Waals surface area (Å²) in [5, 5.41) is 14.9. The van der Waals surface area contributed by atoms with Gasteiger partial charge in [0.25, 0.3) is 0 Å². The minimum atomic E-state index is -0.514. The van der Waals surface area contributed by atoms with E-state index in [-0.39, 0.29) is 0 Å². The fourth-order valence-electron chi connectivity index (χ4n) is 1.66. The molecule has 0 saturated carbocycles. The van der Waals surface area contributed by atoms with Gasteiger partial charge in [-0.3, -0.25) is 0 Å². The molecule has 0 aliphatic carbocycles. The Morgan fingerprint density at radius 3 is 2.88 bits per heavy atom. The van der Waals surface area contributed by atoms with Crippen molar-refractivity contribution in [3.63, 3.8) is 0 Å². The monoisotopic (exact) mass is 330 g/mol. The van der Waals surface area contributed by atoms with Gasteiger partial charge < -0.3 is 5.11 Å². The van der Waals surface area contributed by atoms with Crippen molar-refractivity contribution in [1.29, 1.82) is 0 Å². The molecule has 4 heteroatoms. The van der Waals surface area contributed by atoms with Gasteiger partial charge in [0.15, 0.2) is 0 Å². The Morgan fingerprint density at radius 2 is 2.18 bits per heavy atom. The van der Waals surface area contributed by atoms with Crippen LogP contribution in [0.2, 0.25) is 5.02 Å². The lowest BCUT2D eigenvalue weighted by atomic mass is 10.0. The van der Waals surface area contributed by atoms with Crippen molar-refractivity contribution in [2.45, 2.75) is 18.9 Å². The zero-order chi connectivity index (χ0) is 12.3. The summed E-state index contributed by atoms with van der Waals surface area (Å²) in [6.45, 7) is 0. The van der Waals surface area contributed by atoms with Crippen molar-refractivity contribution in [3.8, 4) is 0 Å². The number of aliphatic hydroxyl groups is 1. The number of hydrogen-bond acceptors (Lipinski definition) is 2. The van der Waals surface area contributed by atoms with E-state index in [0.717, 1.165) is 16.5 Å². The second-order valence-corrected chi connectivity index (χ2v) is 5.95. The molecule has 1 N–H and O–H groups in total. The molecule has 0 aliphatic rings. The van der Waals surface area contributed by atoms with Crippen LogP contribution in [-0.2, 0) is 6.42 Å². The first kappa shape index (κ1) is 13.1. The van der Waals surface area contributed by atoms with Gasteiger partial charge in [-0.25, -0.2) is 0 Å². The number of aliphatic hydroxyl groups excluding tert-OH is 1. The van der Waals surface area contributed by atoms with Gasteiger partial charge in [0.1, 0.15) is 0 Å². The van der Waals surface area contributed by atoms with Crippen molar-refractivity contribution in [1.82, 2.24) is 0 Å². The first-order valence-corrected chi connectivity index (χ1v) is 7.42. The first-order chi connectivity index (χ1) is 8.16. The summed E-state index contributed by atoms with van der Waals surface area (Å²) in [4.78, 5) is 0. The SMILES string of the molecule is OC(CCc1ccsc1)c1cc(Br)ccc1Cl. The maximum absolute atomic E-state index is 10.1. The van der Waals surface area contributed by atoms with Gasteiger partial charge in [-0.1, -0.05) is 27.5 Å². The minimum Gasteiger partial charge on any atom is -0.388 e. The highest BCUT2D eigenvalue weighted by molar-refractivity contribution is 9.10. The summed E-state index contributed by atoms with van der Waals surface area (Å²) in [7, 11) is 0. The average molecular weight is 332 g/mol. The van der Waals surface area contributed by atoms with E-state index >= 15 is 0 Å². The number of rotatable bonds is 4. The molecule has 0 saturated heterocycles. The van der Waals surface area contributed by atoms with Crippen LogP contribution >= 0.6 is 38.9 Å². The molecule has 17 heavy (non-hydrogen) atoms. The average Bonchev–Trinajstić information content (AvgIpc) is 2.82. The van der Waals surface area contributed by atoms with Crippen LogP contribution in [-0.4, -0.2) is 5.11 Å². The normalized spacial score (nSPS) is 12.6. The molecule has 1 atom stereocenters. The molecule has 0 aliphatic heterocycles. The van der Waals surface area contributed by atoms with E-state index in [0.29, 0.717) is 11.4 Å². The molecule has 1 aromatic heterocycles. The quantitative estimate of drug-likeness (QED) is 0.850. The summed E-state index contributed by atoms with van der Waals surface area (Å²) in [6, 6.07) is 7.63. The Kier molecular flexibility index (Phi) is 4.62. The van der Waals surface area contributed by atoms with Crippen LogP contribution in [0.1, 0.15) is 23.7 Å². The van der Waals surface area contributed by atoms with Crippen molar-refractivity contribution < 1.29 is 5.11 Å². The van der Waals surface area contributed by atoms with Gasteiger partial charge >= 0.3 is 0 Å². The minimum absolute atomic E-state index is 0.514. The maximum Gasteiger partial charge on any atom is 0.0808 e. The van der Waals surface area contributed by atoms with E-state index in [2.05, 4.69) is 27.4 Å². The topological polar surface area (TPSA) is 20.2 Å². The van der Waals surface area contributed by atoms with Crippen LogP contribution in [0.25, 0.3) is 0 Å². The fourth-order valence-corrected chi connectivity index (χ4v) is 2.99. The zero-order valence-electron chi connectivity index (χ0n) is 9.07. The molecule has 2 aromatic rings. The van der Waals surface area contributed by atoms with E-state index in [4.69, 9.17) is 11.6 Å². The largest absolute Gasteiger partial charge is 0.388 e. The maximum atomic E-state index is 10.1. The van der Waals surface area contributed by atoms with Gasteiger partial charge in [-0.05, 0) is 53.4 Å². The Morgan fingerprint density at radius 1 is 1.35 bits per heavy atom. The number of thiophene rings is 1. The molecule has 90 valence electrons. The van der Waals surface area contributed by atoms with Crippen LogP contribution in [0.4, 0.5) is 0 Å². The lowest BCUT2D eigenvalue weighted by Crippen LogP contribution is -2.00. The molecule has 0 spiro atoms. The van der Waals surface area contributed by atoms with E-state index in [1.807, 2.05) is 17.5 Å². The van der Waals surface area contributed by atoms with Crippen molar-refractivity contribution >= 4 is 38.9 Å².